The third-order valence-electron chi connectivity index (χ3n) is 4.94. The molecule has 0 bridgehead atoms. The van der Waals surface area contributed by atoms with E-state index in [1.807, 2.05) is 0 Å². The SMILES string of the molecule is C/C(=C\CCO)CC[C@H](CO[Si](C)(C)C(C)(C)C)C(C)C. The van der Waals surface area contributed by atoms with E-state index in [2.05, 4.69) is 60.7 Å². The minimum absolute atomic E-state index is 0.249. The minimum Gasteiger partial charge on any atom is -0.417 e. The summed E-state index contributed by atoms with van der Waals surface area (Å²) in [5, 5.41) is 9.15. The molecule has 1 atom stereocenters. The number of rotatable bonds is 9. The zero-order valence-electron chi connectivity index (χ0n) is 15.6. The Bertz CT molecular complexity index is 314. The lowest BCUT2D eigenvalue weighted by Crippen LogP contribution is -2.42. The van der Waals surface area contributed by atoms with E-state index in [9.17, 15) is 0 Å². The number of hydrogen-bond acceptors (Lipinski definition) is 2. The van der Waals surface area contributed by atoms with E-state index < -0.39 is 8.32 Å². The van der Waals surface area contributed by atoms with Gasteiger partial charge in [-0.25, -0.2) is 0 Å². The molecule has 0 heterocycles. The summed E-state index contributed by atoms with van der Waals surface area (Å²) in [5.74, 6) is 1.28. The maximum absolute atomic E-state index is 8.87. The first-order chi connectivity index (χ1) is 9.51. The zero-order valence-corrected chi connectivity index (χ0v) is 16.6. The normalized spacial score (nSPS) is 15.6. The molecule has 0 spiro atoms. The highest BCUT2D eigenvalue weighted by Gasteiger charge is 2.37. The van der Waals surface area contributed by atoms with Crippen molar-refractivity contribution in [1.82, 2.24) is 0 Å². The molecule has 0 aromatic rings. The van der Waals surface area contributed by atoms with E-state index >= 15 is 0 Å². The molecule has 1 N–H and O–H groups in total. The van der Waals surface area contributed by atoms with Gasteiger partial charge in [0.15, 0.2) is 8.32 Å². The molecular formula is C18H38O2Si. The standard InChI is InChI=1S/C18H38O2Si/c1-15(2)17(12-11-16(3)10-9-13-19)14-20-21(7,8)18(4,5)6/h10,15,17,19H,9,11-14H2,1-8H3/b16-10+/t17-/m1/s1. The smallest absolute Gasteiger partial charge is 0.191 e. The maximum atomic E-state index is 8.87. The van der Waals surface area contributed by atoms with Gasteiger partial charge in [0.05, 0.1) is 0 Å². The summed E-state index contributed by atoms with van der Waals surface area (Å²) in [7, 11) is -1.64. The molecule has 2 nitrogen and oxygen atoms in total. The fraction of sp³-hybridized carbons (Fsp3) is 0.889. The van der Waals surface area contributed by atoms with Gasteiger partial charge in [0.2, 0.25) is 0 Å². The Kier molecular flexibility index (Phi) is 9.06. The van der Waals surface area contributed by atoms with Crippen LogP contribution >= 0.6 is 0 Å². The van der Waals surface area contributed by atoms with Gasteiger partial charge < -0.3 is 9.53 Å². The fourth-order valence-corrected chi connectivity index (χ4v) is 3.03. The van der Waals surface area contributed by atoms with Crippen LogP contribution in [0.15, 0.2) is 11.6 Å². The van der Waals surface area contributed by atoms with Crippen molar-refractivity contribution in [3.63, 3.8) is 0 Å². The van der Waals surface area contributed by atoms with Crippen LogP contribution in [0.4, 0.5) is 0 Å². The average molecular weight is 315 g/mol. The van der Waals surface area contributed by atoms with Gasteiger partial charge in [-0.15, -0.1) is 0 Å². The molecule has 0 aliphatic rings. The highest BCUT2D eigenvalue weighted by molar-refractivity contribution is 6.74. The molecule has 0 unspecified atom stereocenters. The van der Waals surface area contributed by atoms with Gasteiger partial charge in [0, 0.05) is 13.2 Å². The number of aliphatic hydroxyl groups excluding tert-OH is 1. The second kappa shape index (κ2) is 9.11. The van der Waals surface area contributed by atoms with Crippen LogP contribution in [0.1, 0.15) is 60.8 Å². The van der Waals surface area contributed by atoms with E-state index in [1.165, 1.54) is 12.0 Å². The molecule has 0 radical (unpaired) electrons. The van der Waals surface area contributed by atoms with Crippen LogP contribution in [0, 0.1) is 11.8 Å². The Labute approximate surface area is 134 Å². The third kappa shape index (κ3) is 8.17. The van der Waals surface area contributed by atoms with Crippen molar-refractivity contribution in [3.8, 4) is 0 Å². The Morgan fingerprint density at radius 2 is 1.81 bits per heavy atom. The molecule has 21 heavy (non-hydrogen) atoms. The van der Waals surface area contributed by atoms with Crippen LogP contribution in [0.2, 0.25) is 18.1 Å². The van der Waals surface area contributed by atoms with E-state index in [4.69, 9.17) is 9.53 Å². The van der Waals surface area contributed by atoms with Gasteiger partial charge >= 0.3 is 0 Å². The molecule has 0 saturated heterocycles. The van der Waals surface area contributed by atoms with Crippen molar-refractivity contribution in [2.45, 2.75) is 78.9 Å². The van der Waals surface area contributed by atoms with Gasteiger partial charge in [0.1, 0.15) is 0 Å². The van der Waals surface area contributed by atoms with Gasteiger partial charge in [-0.05, 0) is 56.2 Å². The van der Waals surface area contributed by atoms with Crippen molar-refractivity contribution in [2.75, 3.05) is 13.2 Å². The van der Waals surface area contributed by atoms with Crippen LogP contribution in [-0.4, -0.2) is 26.6 Å². The summed E-state index contributed by atoms with van der Waals surface area (Å²) in [6.07, 6.45) is 5.23. The third-order valence-corrected chi connectivity index (χ3v) is 9.44. The van der Waals surface area contributed by atoms with Crippen LogP contribution in [-0.2, 0) is 4.43 Å². The molecule has 0 aliphatic heterocycles. The summed E-state index contributed by atoms with van der Waals surface area (Å²) in [6.45, 7) is 19.5. The largest absolute Gasteiger partial charge is 0.417 e. The minimum atomic E-state index is -1.64. The molecule has 0 aromatic carbocycles. The van der Waals surface area contributed by atoms with Gasteiger partial charge in [-0.3, -0.25) is 0 Å². The first-order valence-electron chi connectivity index (χ1n) is 8.41. The Morgan fingerprint density at radius 1 is 1.24 bits per heavy atom. The Balaban J connectivity index is 4.46. The predicted molar refractivity (Wildman–Crippen MR) is 96.2 cm³/mol. The second-order valence-electron chi connectivity index (χ2n) is 8.18. The molecule has 0 rings (SSSR count). The summed E-state index contributed by atoms with van der Waals surface area (Å²) in [5.41, 5.74) is 1.39. The highest BCUT2D eigenvalue weighted by Crippen LogP contribution is 2.37. The molecule has 0 saturated carbocycles. The first kappa shape index (κ1) is 20.9. The second-order valence-corrected chi connectivity index (χ2v) is 13.0. The van der Waals surface area contributed by atoms with E-state index in [0.29, 0.717) is 11.8 Å². The highest BCUT2D eigenvalue weighted by atomic mass is 28.4. The lowest BCUT2D eigenvalue weighted by atomic mass is 9.90. The summed E-state index contributed by atoms with van der Waals surface area (Å²) in [6, 6.07) is 0. The van der Waals surface area contributed by atoms with Gasteiger partial charge in [0.25, 0.3) is 0 Å². The molecular weight excluding hydrogens is 276 g/mol. The maximum Gasteiger partial charge on any atom is 0.191 e. The topological polar surface area (TPSA) is 29.5 Å². The quantitative estimate of drug-likeness (QED) is 0.457. The van der Waals surface area contributed by atoms with Crippen molar-refractivity contribution >= 4 is 8.32 Å². The van der Waals surface area contributed by atoms with Gasteiger partial charge in [-0.2, -0.15) is 0 Å². The molecule has 126 valence electrons. The zero-order chi connectivity index (χ0) is 16.7. The molecule has 0 amide bonds. The average Bonchev–Trinajstić information content (AvgIpc) is 2.34. The summed E-state index contributed by atoms with van der Waals surface area (Å²) >= 11 is 0. The number of allylic oxidation sites excluding steroid dienone is 1. The van der Waals surface area contributed by atoms with E-state index in [0.717, 1.165) is 19.4 Å². The lowest BCUT2D eigenvalue weighted by molar-refractivity contribution is 0.185. The fourth-order valence-electron chi connectivity index (χ4n) is 1.97. The summed E-state index contributed by atoms with van der Waals surface area (Å²) < 4.78 is 6.41. The molecule has 0 aliphatic carbocycles. The monoisotopic (exact) mass is 314 g/mol. The van der Waals surface area contributed by atoms with Crippen LogP contribution < -0.4 is 0 Å². The Hall–Kier alpha value is -0.123. The number of aliphatic hydroxyl groups is 1. The lowest BCUT2D eigenvalue weighted by Gasteiger charge is -2.38. The van der Waals surface area contributed by atoms with Crippen molar-refractivity contribution < 1.29 is 9.53 Å². The van der Waals surface area contributed by atoms with Crippen molar-refractivity contribution in [3.05, 3.63) is 11.6 Å². The first-order valence-corrected chi connectivity index (χ1v) is 11.3. The molecule has 0 fully saturated rings. The molecule has 3 heteroatoms. The molecule has 0 aromatic heterocycles. The number of hydrogen-bond donors (Lipinski definition) is 1. The van der Waals surface area contributed by atoms with Crippen LogP contribution in [0.5, 0.6) is 0 Å². The van der Waals surface area contributed by atoms with Crippen LogP contribution in [0.3, 0.4) is 0 Å². The van der Waals surface area contributed by atoms with Crippen molar-refractivity contribution in [1.29, 1.82) is 0 Å². The predicted octanol–water partition coefficient (Wildman–Crippen LogP) is 5.39. The van der Waals surface area contributed by atoms with Crippen molar-refractivity contribution in [2.24, 2.45) is 11.8 Å². The van der Waals surface area contributed by atoms with E-state index in [1.54, 1.807) is 0 Å². The van der Waals surface area contributed by atoms with Gasteiger partial charge in [-0.1, -0.05) is 46.3 Å². The summed E-state index contributed by atoms with van der Waals surface area (Å²) in [4.78, 5) is 0. The van der Waals surface area contributed by atoms with Crippen LogP contribution in [0.25, 0.3) is 0 Å². The van der Waals surface area contributed by atoms with E-state index in [-0.39, 0.29) is 11.6 Å². The Morgan fingerprint density at radius 3 is 2.24 bits per heavy atom.